The van der Waals surface area contributed by atoms with Gasteiger partial charge in [0.1, 0.15) is 0 Å². The summed E-state index contributed by atoms with van der Waals surface area (Å²) in [6, 6.07) is 9.38. The summed E-state index contributed by atoms with van der Waals surface area (Å²) < 4.78 is 0. The number of hydrogen-bond acceptors (Lipinski definition) is 2. The van der Waals surface area contributed by atoms with Crippen LogP contribution < -0.4 is 11.1 Å². The summed E-state index contributed by atoms with van der Waals surface area (Å²) in [5, 5.41) is 3.49. The van der Waals surface area contributed by atoms with Gasteiger partial charge in [0.15, 0.2) is 0 Å². The highest BCUT2D eigenvalue weighted by Gasteiger charge is 2.16. The third kappa shape index (κ3) is 2.14. The lowest BCUT2D eigenvalue weighted by molar-refractivity contribution is 0.464. The third-order valence-electron chi connectivity index (χ3n) is 2.92. The van der Waals surface area contributed by atoms with Gasteiger partial charge in [0.25, 0.3) is 0 Å². The first-order chi connectivity index (χ1) is 6.90. The van der Waals surface area contributed by atoms with Crippen LogP contribution in [0, 0.1) is 0 Å². The second-order valence-corrected chi connectivity index (χ2v) is 3.95. The molecule has 3 N–H and O–H groups in total. The molecule has 2 nitrogen and oxygen atoms in total. The molecule has 1 aromatic carbocycles. The standard InChI is InChI=1S/C12H18N2/c13-7-8-14-12-6-5-10-3-1-2-4-11(10)9-12/h1-4,12,14H,5-9,13H2. The first kappa shape index (κ1) is 9.69. The first-order valence-corrected chi connectivity index (χ1v) is 5.40. The Morgan fingerprint density at radius 3 is 2.86 bits per heavy atom. The highest BCUT2D eigenvalue weighted by Crippen LogP contribution is 2.20. The summed E-state index contributed by atoms with van der Waals surface area (Å²) in [5.74, 6) is 0. The zero-order valence-corrected chi connectivity index (χ0v) is 8.50. The minimum Gasteiger partial charge on any atom is -0.329 e. The summed E-state index contributed by atoms with van der Waals surface area (Å²) in [5.41, 5.74) is 8.51. The molecule has 0 saturated carbocycles. The lowest BCUT2D eigenvalue weighted by Crippen LogP contribution is -2.37. The van der Waals surface area contributed by atoms with Gasteiger partial charge in [-0.1, -0.05) is 24.3 Å². The molecule has 0 saturated heterocycles. The van der Waals surface area contributed by atoms with Crippen molar-refractivity contribution in [2.75, 3.05) is 13.1 Å². The molecule has 2 heteroatoms. The molecular weight excluding hydrogens is 172 g/mol. The van der Waals surface area contributed by atoms with Gasteiger partial charge in [0.2, 0.25) is 0 Å². The van der Waals surface area contributed by atoms with Gasteiger partial charge in [-0.25, -0.2) is 0 Å². The van der Waals surface area contributed by atoms with E-state index in [1.807, 2.05) is 0 Å². The fourth-order valence-corrected chi connectivity index (χ4v) is 2.16. The smallest absolute Gasteiger partial charge is 0.0111 e. The molecule has 2 rings (SSSR count). The Morgan fingerprint density at radius 2 is 2.07 bits per heavy atom. The highest BCUT2D eigenvalue weighted by atomic mass is 14.9. The topological polar surface area (TPSA) is 38.0 Å². The van der Waals surface area contributed by atoms with Gasteiger partial charge in [-0.15, -0.1) is 0 Å². The van der Waals surface area contributed by atoms with Gasteiger partial charge in [0.05, 0.1) is 0 Å². The summed E-state index contributed by atoms with van der Waals surface area (Å²) in [7, 11) is 0. The quantitative estimate of drug-likeness (QED) is 0.749. The summed E-state index contributed by atoms with van der Waals surface area (Å²) in [6.45, 7) is 1.67. The number of benzene rings is 1. The maximum absolute atomic E-state index is 5.48. The van der Waals surface area contributed by atoms with E-state index >= 15 is 0 Å². The molecule has 0 amide bonds. The molecule has 0 aliphatic heterocycles. The van der Waals surface area contributed by atoms with Crippen molar-refractivity contribution in [3.05, 3.63) is 35.4 Å². The molecule has 1 atom stereocenters. The number of hydrogen-bond donors (Lipinski definition) is 2. The number of rotatable bonds is 3. The van der Waals surface area contributed by atoms with Gasteiger partial charge in [-0.3, -0.25) is 0 Å². The maximum atomic E-state index is 5.48. The summed E-state index contributed by atoms with van der Waals surface area (Å²) in [6.07, 6.45) is 3.62. The normalized spacial score (nSPS) is 20.5. The zero-order chi connectivity index (χ0) is 9.80. The molecule has 76 valence electrons. The van der Waals surface area contributed by atoms with Gasteiger partial charge < -0.3 is 11.1 Å². The van der Waals surface area contributed by atoms with Crippen molar-refractivity contribution in [3.63, 3.8) is 0 Å². The lowest BCUT2D eigenvalue weighted by atomic mass is 9.88. The van der Waals surface area contributed by atoms with Crippen LogP contribution in [0.2, 0.25) is 0 Å². The Morgan fingerprint density at radius 1 is 1.29 bits per heavy atom. The van der Waals surface area contributed by atoms with Gasteiger partial charge in [-0.2, -0.15) is 0 Å². The van der Waals surface area contributed by atoms with E-state index in [0.717, 1.165) is 19.5 Å². The SMILES string of the molecule is NCCNC1CCc2ccccc2C1. The minimum absolute atomic E-state index is 0.633. The maximum Gasteiger partial charge on any atom is 0.0111 e. The first-order valence-electron chi connectivity index (χ1n) is 5.40. The van der Waals surface area contributed by atoms with E-state index in [9.17, 15) is 0 Å². The number of aryl methyl sites for hydroxylation is 1. The summed E-state index contributed by atoms with van der Waals surface area (Å²) in [4.78, 5) is 0. The highest BCUT2D eigenvalue weighted by molar-refractivity contribution is 5.30. The summed E-state index contributed by atoms with van der Waals surface area (Å²) >= 11 is 0. The van der Waals surface area contributed by atoms with Crippen LogP contribution >= 0.6 is 0 Å². The minimum atomic E-state index is 0.633. The second kappa shape index (κ2) is 4.58. The van der Waals surface area contributed by atoms with E-state index in [-0.39, 0.29) is 0 Å². The van der Waals surface area contributed by atoms with Crippen LogP contribution in [0.15, 0.2) is 24.3 Å². The molecule has 1 unspecified atom stereocenters. The van der Waals surface area contributed by atoms with E-state index < -0.39 is 0 Å². The molecule has 1 aromatic rings. The molecule has 0 radical (unpaired) electrons. The molecule has 0 spiro atoms. The Kier molecular flexibility index (Phi) is 3.17. The van der Waals surface area contributed by atoms with Crippen LogP contribution in [-0.2, 0) is 12.8 Å². The molecule has 0 bridgehead atoms. The van der Waals surface area contributed by atoms with Crippen LogP contribution in [0.3, 0.4) is 0 Å². The molecule has 14 heavy (non-hydrogen) atoms. The second-order valence-electron chi connectivity index (χ2n) is 3.95. The van der Waals surface area contributed by atoms with E-state index in [1.165, 1.54) is 24.0 Å². The fourth-order valence-electron chi connectivity index (χ4n) is 2.16. The predicted octanol–water partition coefficient (Wildman–Crippen LogP) is 1.09. The fraction of sp³-hybridized carbons (Fsp3) is 0.500. The molecule has 1 aliphatic rings. The van der Waals surface area contributed by atoms with Crippen LogP contribution in [0.5, 0.6) is 0 Å². The van der Waals surface area contributed by atoms with E-state index in [2.05, 4.69) is 29.6 Å². The van der Waals surface area contributed by atoms with Crippen LogP contribution in [0.4, 0.5) is 0 Å². The van der Waals surface area contributed by atoms with E-state index in [0.29, 0.717) is 6.04 Å². The lowest BCUT2D eigenvalue weighted by Gasteiger charge is -2.25. The van der Waals surface area contributed by atoms with Crippen molar-refractivity contribution in [2.24, 2.45) is 5.73 Å². The zero-order valence-electron chi connectivity index (χ0n) is 8.50. The Labute approximate surface area is 85.5 Å². The van der Waals surface area contributed by atoms with E-state index in [1.54, 1.807) is 0 Å². The Balaban J connectivity index is 1.99. The van der Waals surface area contributed by atoms with Crippen molar-refractivity contribution in [1.29, 1.82) is 0 Å². The van der Waals surface area contributed by atoms with Gasteiger partial charge in [-0.05, 0) is 30.4 Å². The average Bonchev–Trinajstić information content (AvgIpc) is 2.26. The van der Waals surface area contributed by atoms with Gasteiger partial charge in [0, 0.05) is 19.1 Å². The number of nitrogens with two attached hydrogens (primary N) is 1. The predicted molar refractivity (Wildman–Crippen MR) is 59.3 cm³/mol. The molecule has 0 fully saturated rings. The number of fused-ring (bicyclic) bond motifs is 1. The molecule has 1 aliphatic carbocycles. The molecule has 0 heterocycles. The van der Waals surface area contributed by atoms with Crippen molar-refractivity contribution in [3.8, 4) is 0 Å². The number of nitrogens with one attached hydrogen (secondary N) is 1. The third-order valence-corrected chi connectivity index (χ3v) is 2.92. The van der Waals surface area contributed by atoms with E-state index in [4.69, 9.17) is 5.73 Å². The van der Waals surface area contributed by atoms with Crippen molar-refractivity contribution < 1.29 is 0 Å². The van der Waals surface area contributed by atoms with Gasteiger partial charge >= 0.3 is 0 Å². The largest absolute Gasteiger partial charge is 0.329 e. The molecule has 0 aromatic heterocycles. The van der Waals surface area contributed by atoms with Crippen molar-refractivity contribution in [1.82, 2.24) is 5.32 Å². The Hall–Kier alpha value is -0.860. The van der Waals surface area contributed by atoms with Crippen LogP contribution in [0.25, 0.3) is 0 Å². The Bertz CT molecular complexity index is 296. The van der Waals surface area contributed by atoms with Crippen molar-refractivity contribution in [2.45, 2.75) is 25.3 Å². The van der Waals surface area contributed by atoms with Crippen LogP contribution in [0.1, 0.15) is 17.5 Å². The molecular formula is C12H18N2. The van der Waals surface area contributed by atoms with Crippen LogP contribution in [-0.4, -0.2) is 19.1 Å². The average molecular weight is 190 g/mol. The van der Waals surface area contributed by atoms with Crippen molar-refractivity contribution >= 4 is 0 Å². The monoisotopic (exact) mass is 190 g/mol.